The van der Waals surface area contributed by atoms with E-state index in [4.69, 9.17) is 11.6 Å². The number of halogens is 3. The molecule has 19 heavy (non-hydrogen) atoms. The zero-order valence-corrected chi connectivity index (χ0v) is 11.5. The largest absolute Gasteiger partial charge is 0.316 e. The first-order valence-corrected chi connectivity index (χ1v) is 6.29. The van der Waals surface area contributed by atoms with Gasteiger partial charge in [0.25, 0.3) is 0 Å². The van der Waals surface area contributed by atoms with Crippen molar-refractivity contribution in [1.82, 2.24) is 5.32 Å². The summed E-state index contributed by atoms with van der Waals surface area (Å²) in [6.45, 7) is 2.68. The van der Waals surface area contributed by atoms with Crippen molar-refractivity contribution in [3.05, 3.63) is 58.1 Å². The summed E-state index contributed by atoms with van der Waals surface area (Å²) >= 11 is 5.99. The third kappa shape index (κ3) is 2.94. The molecule has 0 unspecified atom stereocenters. The van der Waals surface area contributed by atoms with Crippen LogP contribution in [0.3, 0.4) is 0 Å². The molecule has 1 N–H and O–H groups in total. The first-order chi connectivity index (χ1) is 9.02. The van der Waals surface area contributed by atoms with E-state index in [2.05, 4.69) is 5.32 Å². The summed E-state index contributed by atoms with van der Waals surface area (Å²) in [5.41, 5.74) is 3.42. The number of rotatable bonds is 3. The molecule has 0 amide bonds. The van der Waals surface area contributed by atoms with Gasteiger partial charge in [-0.25, -0.2) is 8.78 Å². The molecule has 0 aliphatic rings. The summed E-state index contributed by atoms with van der Waals surface area (Å²) in [5, 5.41) is 3.27. The minimum atomic E-state index is -0.932. The maximum atomic E-state index is 13.3. The summed E-state index contributed by atoms with van der Waals surface area (Å²) in [6.07, 6.45) is 0. The van der Waals surface area contributed by atoms with Gasteiger partial charge in [-0.2, -0.15) is 0 Å². The minimum Gasteiger partial charge on any atom is -0.316 e. The summed E-state index contributed by atoms with van der Waals surface area (Å²) in [4.78, 5) is 0. The first-order valence-electron chi connectivity index (χ1n) is 5.92. The predicted octanol–water partition coefficient (Wildman–Crippen LogP) is 4.31. The van der Waals surface area contributed by atoms with E-state index in [1.807, 2.05) is 32.2 Å². The lowest BCUT2D eigenvalue weighted by molar-refractivity contribution is 0.509. The Morgan fingerprint density at radius 1 is 1.05 bits per heavy atom. The average Bonchev–Trinajstić information content (AvgIpc) is 2.35. The Bertz CT molecular complexity index is 611. The summed E-state index contributed by atoms with van der Waals surface area (Å²) in [6, 6.07) is 7.96. The van der Waals surface area contributed by atoms with Gasteiger partial charge in [0.2, 0.25) is 0 Å². The van der Waals surface area contributed by atoms with Gasteiger partial charge in [0.05, 0.1) is 5.02 Å². The fourth-order valence-electron chi connectivity index (χ4n) is 2.07. The fourth-order valence-corrected chi connectivity index (χ4v) is 2.32. The molecule has 0 radical (unpaired) electrons. The number of hydrogen-bond acceptors (Lipinski definition) is 1. The first kappa shape index (κ1) is 14.0. The maximum Gasteiger partial charge on any atom is 0.160 e. The molecule has 0 heterocycles. The molecule has 0 saturated carbocycles. The zero-order valence-electron chi connectivity index (χ0n) is 10.7. The predicted molar refractivity (Wildman–Crippen MR) is 74.3 cm³/mol. The Hall–Kier alpha value is -1.45. The number of aryl methyl sites for hydroxylation is 1. The Morgan fingerprint density at radius 2 is 1.74 bits per heavy atom. The molecule has 0 saturated heterocycles. The molecular formula is C15H14ClF2N. The van der Waals surface area contributed by atoms with Crippen LogP contribution in [0.25, 0.3) is 11.1 Å². The van der Waals surface area contributed by atoms with Gasteiger partial charge in [-0.05, 0) is 42.8 Å². The highest BCUT2D eigenvalue weighted by atomic mass is 35.5. The molecule has 2 aromatic rings. The molecule has 0 aliphatic carbocycles. The van der Waals surface area contributed by atoms with Crippen molar-refractivity contribution < 1.29 is 8.78 Å². The summed E-state index contributed by atoms with van der Waals surface area (Å²) in [7, 11) is 1.87. The van der Waals surface area contributed by atoms with E-state index in [0.717, 1.165) is 35.4 Å². The standard InChI is InChI=1S/C15H14ClF2N/c1-9-5-10(8-19-2)3-4-11(9)12-6-14(17)15(18)7-13(12)16/h3-7,19H,8H2,1-2H3. The van der Waals surface area contributed by atoms with Crippen LogP contribution in [0.1, 0.15) is 11.1 Å². The van der Waals surface area contributed by atoms with Crippen LogP contribution in [-0.2, 0) is 6.54 Å². The van der Waals surface area contributed by atoms with E-state index in [0.29, 0.717) is 5.56 Å². The lowest BCUT2D eigenvalue weighted by Gasteiger charge is -2.11. The van der Waals surface area contributed by atoms with Crippen molar-refractivity contribution in [2.45, 2.75) is 13.5 Å². The van der Waals surface area contributed by atoms with Gasteiger partial charge >= 0.3 is 0 Å². The maximum absolute atomic E-state index is 13.3. The van der Waals surface area contributed by atoms with Crippen molar-refractivity contribution in [3.8, 4) is 11.1 Å². The van der Waals surface area contributed by atoms with Crippen LogP contribution in [0.4, 0.5) is 8.78 Å². The van der Waals surface area contributed by atoms with E-state index in [-0.39, 0.29) is 5.02 Å². The summed E-state index contributed by atoms with van der Waals surface area (Å²) < 4.78 is 26.4. The van der Waals surface area contributed by atoms with E-state index < -0.39 is 11.6 Å². The second-order valence-electron chi connectivity index (χ2n) is 4.43. The quantitative estimate of drug-likeness (QED) is 0.827. The van der Waals surface area contributed by atoms with Crippen LogP contribution >= 0.6 is 11.6 Å². The minimum absolute atomic E-state index is 0.211. The Kier molecular flexibility index (Phi) is 4.17. The van der Waals surface area contributed by atoms with Gasteiger partial charge < -0.3 is 5.32 Å². The molecule has 2 aromatic carbocycles. The monoisotopic (exact) mass is 281 g/mol. The third-order valence-corrected chi connectivity index (χ3v) is 3.28. The molecule has 0 aliphatic heterocycles. The van der Waals surface area contributed by atoms with Crippen molar-refractivity contribution >= 4 is 11.6 Å². The number of benzene rings is 2. The average molecular weight is 282 g/mol. The molecule has 0 spiro atoms. The molecule has 0 atom stereocenters. The molecule has 0 bridgehead atoms. The summed E-state index contributed by atoms with van der Waals surface area (Å²) in [5.74, 6) is -1.82. The Morgan fingerprint density at radius 3 is 2.37 bits per heavy atom. The van der Waals surface area contributed by atoms with Crippen molar-refractivity contribution in [2.75, 3.05) is 7.05 Å². The SMILES string of the molecule is CNCc1ccc(-c2cc(F)c(F)cc2Cl)c(C)c1. The second-order valence-corrected chi connectivity index (χ2v) is 4.83. The highest BCUT2D eigenvalue weighted by molar-refractivity contribution is 6.33. The lowest BCUT2D eigenvalue weighted by atomic mass is 9.98. The van der Waals surface area contributed by atoms with Gasteiger partial charge in [0, 0.05) is 12.1 Å². The molecule has 1 nitrogen and oxygen atoms in total. The molecule has 0 fully saturated rings. The van der Waals surface area contributed by atoms with Crippen molar-refractivity contribution in [2.24, 2.45) is 0 Å². The van der Waals surface area contributed by atoms with Crippen LogP contribution in [0.5, 0.6) is 0 Å². The van der Waals surface area contributed by atoms with Gasteiger partial charge in [-0.15, -0.1) is 0 Å². The van der Waals surface area contributed by atoms with Crippen LogP contribution < -0.4 is 5.32 Å². The highest BCUT2D eigenvalue weighted by Gasteiger charge is 2.12. The fraction of sp³-hybridized carbons (Fsp3) is 0.200. The molecular weight excluding hydrogens is 268 g/mol. The topological polar surface area (TPSA) is 12.0 Å². The van der Waals surface area contributed by atoms with Gasteiger partial charge in [-0.3, -0.25) is 0 Å². The van der Waals surface area contributed by atoms with Gasteiger partial charge in [0.1, 0.15) is 0 Å². The van der Waals surface area contributed by atoms with Crippen LogP contribution in [0.2, 0.25) is 5.02 Å². The van der Waals surface area contributed by atoms with E-state index in [1.165, 1.54) is 0 Å². The van der Waals surface area contributed by atoms with E-state index in [9.17, 15) is 8.78 Å². The van der Waals surface area contributed by atoms with Crippen molar-refractivity contribution in [3.63, 3.8) is 0 Å². The smallest absolute Gasteiger partial charge is 0.160 e. The van der Waals surface area contributed by atoms with Crippen LogP contribution in [0, 0.1) is 18.6 Å². The van der Waals surface area contributed by atoms with Gasteiger partial charge in [-0.1, -0.05) is 29.8 Å². The Labute approximate surface area is 116 Å². The highest BCUT2D eigenvalue weighted by Crippen LogP contribution is 2.32. The van der Waals surface area contributed by atoms with Gasteiger partial charge in [0.15, 0.2) is 11.6 Å². The third-order valence-electron chi connectivity index (χ3n) is 2.97. The molecule has 4 heteroatoms. The lowest BCUT2D eigenvalue weighted by Crippen LogP contribution is -2.05. The Balaban J connectivity index is 2.50. The zero-order chi connectivity index (χ0) is 14.0. The molecule has 2 rings (SSSR count). The second kappa shape index (κ2) is 5.68. The normalized spacial score (nSPS) is 10.8. The molecule has 100 valence electrons. The number of hydrogen-bond donors (Lipinski definition) is 1. The van der Waals surface area contributed by atoms with E-state index >= 15 is 0 Å². The van der Waals surface area contributed by atoms with Crippen LogP contribution in [-0.4, -0.2) is 7.05 Å². The van der Waals surface area contributed by atoms with Crippen molar-refractivity contribution in [1.29, 1.82) is 0 Å². The number of nitrogens with one attached hydrogen (secondary N) is 1. The molecule has 0 aromatic heterocycles. The van der Waals surface area contributed by atoms with Crippen LogP contribution in [0.15, 0.2) is 30.3 Å². The van der Waals surface area contributed by atoms with E-state index in [1.54, 1.807) is 0 Å².